The minimum absolute atomic E-state index is 0.0683. The van der Waals surface area contributed by atoms with Gasteiger partial charge in [-0.2, -0.15) is 0 Å². The molecule has 1 atom stereocenters. The van der Waals surface area contributed by atoms with E-state index in [1.165, 1.54) is 23.9 Å². The number of nitrogens with zero attached hydrogens (tertiary/aromatic N) is 4. The maximum absolute atomic E-state index is 13.5. The van der Waals surface area contributed by atoms with E-state index in [0.29, 0.717) is 30.7 Å². The topological polar surface area (TPSA) is 81.5 Å². The van der Waals surface area contributed by atoms with Gasteiger partial charge >= 0.3 is 0 Å². The molecule has 2 aromatic carbocycles. The summed E-state index contributed by atoms with van der Waals surface area (Å²) in [5, 5.41) is 12.4. The number of hydrogen-bond donors (Lipinski definition) is 1. The molecule has 2 saturated heterocycles. The van der Waals surface area contributed by atoms with Crippen LogP contribution in [0, 0.1) is 5.82 Å². The number of ether oxygens (including phenoxy) is 2. The molecular formula is C25H28FN5O3S. The van der Waals surface area contributed by atoms with E-state index < -0.39 is 0 Å². The van der Waals surface area contributed by atoms with E-state index in [1.807, 2.05) is 28.8 Å². The van der Waals surface area contributed by atoms with Crippen LogP contribution in [0.15, 0.2) is 53.7 Å². The van der Waals surface area contributed by atoms with Gasteiger partial charge in [0.05, 0.1) is 43.0 Å². The lowest BCUT2D eigenvalue weighted by atomic mass is 10.2. The van der Waals surface area contributed by atoms with E-state index in [4.69, 9.17) is 9.47 Å². The van der Waals surface area contributed by atoms with Crippen molar-refractivity contribution in [3.63, 3.8) is 0 Å². The van der Waals surface area contributed by atoms with Crippen LogP contribution in [0.2, 0.25) is 0 Å². The number of halogens is 1. The Kier molecular flexibility index (Phi) is 7.60. The van der Waals surface area contributed by atoms with Gasteiger partial charge in [0, 0.05) is 25.3 Å². The number of carbonyl (C=O) groups is 1. The number of thioether (sulfide) groups is 1. The quantitative estimate of drug-likeness (QED) is 0.474. The summed E-state index contributed by atoms with van der Waals surface area (Å²) < 4.78 is 26.7. The van der Waals surface area contributed by atoms with Gasteiger partial charge in [0.15, 0.2) is 11.0 Å². The Morgan fingerprint density at radius 1 is 1.09 bits per heavy atom. The van der Waals surface area contributed by atoms with Crippen LogP contribution in [0.5, 0.6) is 0 Å². The molecule has 2 aliphatic heterocycles. The van der Waals surface area contributed by atoms with Crippen molar-refractivity contribution in [1.82, 2.24) is 14.8 Å². The molecule has 184 valence electrons. The van der Waals surface area contributed by atoms with Gasteiger partial charge in [-0.1, -0.05) is 23.9 Å². The number of hydrogen-bond acceptors (Lipinski definition) is 7. The van der Waals surface area contributed by atoms with E-state index in [1.54, 1.807) is 12.1 Å². The Labute approximate surface area is 207 Å². The Hall–Kier alpha value is -2.95. The standard InChI is InChI=1S/C25H28FN5O3S/c26-19-9-7-18(8-10-19)24-28-29-25(31(24)16-20-4-3-13-34-20)35-17-23(32)27-21-5-1-2-6-22(21)30-11-14-33-15-12-30/h1-2,5-10,20H,3-4,11-17H2,(H,27,32)/t20-/m1/s1. The molecular weight excluding hydrogens is 469 g/mol. The highest BCUT2D eigenvalue weighted by Gasteiger charge is 2.23. The molecule has 0 spiro atoms. The zero-order valence-corrected chi connectivity index (χ0v) is 20.2. The smallest absolute Gasteiger partial charge is 0.234 e. The van der Waals surface area contributed by atoms with Gasteiger partial charge in [-0.05, 0) is 49.2 Å². The van der Waals surface area contributed by atoms with Gasteiger partial charge in [-0.15, -0.1) is 10.2 Å². The van der Waals surface area contributed by atoms with Gasteiger partial charge in [0.25, 0.3) is 0 Å². The van der Waals surface area contributed by atoms with E-state index in [2.05, 4.69) is 20.4 Å². The fraction of sp³-hybridized carbons (Fsp3) is 0.400. The fourth-order valence-electron chi connectivity index (χ4n) is 4.34. The maximum atomic E-state index is 13.5. The molecule has 1 N–H and O–H groups in total. The van der Waals surface area contributed by atoms with Crippen LogP contribution in [-0.4, -0.2) is 65.4 Å². The van der Waals surface area contributed by atoms with Crippen molar-refractivity contribution in [1.29, 1.82) is 0 Å². The lowest BCUT2D eigenvalue weighted by Gasteiger charge is -2.30. The average molecular weight is 498 g/mol. The van der Waals surface area contributed by atoms with Crippen molar-refractivity contribution in [2.24, 2.45) is 0 Å². The van der Waals surface area contributed by atoms with Crippen LogP contribution in [0.3, 0.4) is 0 Å². The molecule has 10 heteroatoms. The number of para-hydroxylation sites is 2. The first-order chi connectivity index (χ1) is 17.2. The summed E-state index contributed by atoms with van der Waals surface area (Å²) >= 11 is 1.33. The van der Waals surface area contributed by atoms with E-state index in [0.717, 1.165) is 49.5 Å². The molecule has 3 aromatic rings. The highest BCUT2D eigenvalue weighted by molar-refractivity contribution is 7.99. The second kappa shape index (κ2) is 11.2. The molecule has 35 heavy (non-hydrogen) atoms. The molecule has 0 bridgehead atoms. The SMILES string of the molecule is O=C(CSc1nnc(-c2ccc(F)cc2)n1C[C@H]1CCCO1)Nc1ccccc1N1CCOCC1. The largest absolute Gasteiger partial charge is 0.378 e. The van der Waals surface area contributed by atoms with Gasteiger partial charge in [-0.25, -0.2) is 4.39 Å². The predicted octanol–water partition coefficient (Wildman–Crippen LogP) is 3.83. The Morgan fingerprint density at radius 2 is 1.89 bits per heavy atom. The van der Waals surface area contributed by atoms with Gasteiger partial charge in [-0.3, -0.25) is 9.36 Å². The third-order valence-corrected chi connectivity index (χ3v) is 7.06. The summed E-state index contributed by atoms with van der Waals surface area (Å²) in [5.41, 5.74) is 2.55. The van der Waals surface area contributed by atoms with E-state index in [9.17, 15) is 9.18 Å². The first kappa shape index (κ1) is 23.8. The number of anilines is 2. The van der Waals surface area contributed by atoms with Crippen LogP contribution < -0.4 is 10.2 Å². The van der Waals surface area contributed by atoms with Crippen molar-refractivity contribution in [2.45, 2.75) is 30.6 Å². The number of rotatable bonds is 8. The zero-order chi connectivity index (χ0) is 24.0. The molecule has 0 unspecified atom stereocenters. The lowest BCUT2D eigenvalue weighted by Crippen LogP contribution is -2.36. The summed E-state index contributed by atoms with van der Waals surface area (Å²) in [4.78, 5) is 15.1. The summed E-state index contributed by atoms with van der Waals surface area (Å²) in [7, 11) is 0. The van der Waals surface area contributed by atoms with Crippen LogP contribution in [0.1, 0.15) is 12.8 Å². The third kappa shape index (κ3) is 5.83. The van der Waals surface area contributed by atoms with Crippen molar-refractivity contribution < 1.29 is 18.7 Å². The second-order valence-electron chi connectivity index (χ2n) is 8.51. The zero-order valence-electron chi connectivity index (χ0n) is 19.4. The van der Waals surface area contributed by atoms with Crippen molar-refractivity contribution in [2.75, 3.05) is 48.9 Å². The summed E-state index contributed by atoms with van der Waals surface area (Å²) in [5.74, 6) is 0.402. The molecule has 2 fully saturated rings. The third-order valence-electron chi connectivity index (χ3n) is 6.09. The number of carbonyl (C=O) groups excluding carboxylic acids is 1. The molecule has 0 aliphatic carbocycles. The summed E-state index contributed by atoms with van der Waals surface area (Å²) in [6, 6.07) is 14.0. The summed E-state index contributed by atoms with van der Waals surface area (Å²) in [6.45, 7) is 4.26. The maximum Gasteiger partial charge on any atom is 0.234 e. The minimum Gasteiger partial charge on any atom is -0.378 e. The molecule has 8 nitrogen and oxygen atoms in total. The van der Waals surface area contributed by atoms with Crippen LogP contribution in [-0.2, 0) is 20.8 Å². The highest BCUT2D eigenvalue weighted by Crippen LogP contribution is 2.29. The summed E-state index contributed by atoms with van der Waals surface area (Å²) in [6.07, 6.45) is 2.05. The molecule has 1 amide bonds. The first-order valence-corrected chi connectivity index (χ1v) is 12.8. The Morgan fingerprint density at radius 3 is 2.66 bits per heavy atom. The van der Waals surface area contributed by atoms with Crippen LogP contribution in [0.4, 0.5) is 15.8 Å². The van der Waals surface area contributed by atoms with Gasteiger partial charge < -0.3 is 19.7 Å². The van der Waals surface area contributed by atoms with Gasteiger partial charge in [0.1, 0.15) is 5.82 Å². The number of amides is 1. The van der Waals surface area contributed by atoms with E-state index in [-0.39, 0.29) is 23.6 Å². The lowest BCUT2D eigenvalue weighted by molar-refractivity contribution is -0.113. The number of morpholine rings is 1. The van der Waals surface area contributed by atoms with Crippen LogP contribution >= 0.6 is 11.8 Å². The molecule has 1 aromatic heterocycles. The fourth-order valence-corrected chi connectivity index (χ4v) is 5.09. The molecule has 2 aliphatic rings. The first-order valence-electron chi connectivity index (χ1n) is 11.8. The van der Waals surface area contributed by atoms with Crippen molar-refractivity contribution in [3.05, 3.63) is 54.3 Å². The van der Waals surface area contributed by atoms with Crippen molar-refractivity contribution in [3.8, 4) is 11.4 Å². The van der Waals surface area contributed by atoms with E-state index >= 15 is 0 Å². The van der Waals surface area contributed by atoms with Crippen molar-refractivity contribution >= 4 is 29.0 Å². The molecule has 0 radical (unpaired) electrons. The molecule has 0 saturated carbocycles. The minimum atomic E-state index is -0.303. The Balaban J connectivity index is 1.29. The average Bonchev–Trinajstić information content (AvgIpc) is 3.55. The molecule has 3 heterocycles. The van der Waals surface area contributed by atoms with Crippen LogP contribution in [0.25, 0.3) is 11.4 Å². The van der Waals surface area contributed by atoms with Gasteiger partial charge in [0.2, 0.25) is 5.91 Å². The Bertz CT molecular complexity index is 1140. The monoisotopic (exact) mass is 497 g/mol. The highest BCUT2D eigenvalue weighted by atomic mass is 32.2. The predicted molar refractivity (Wildman–Crippen MR) is 133 cm³/mol. The number of nitrogens with one attached hydrogen (secondary N) is 1. The molecule has 5 rings (SSSR count). The normalized spacial score (nSPS) is 18.1. The number of benzene rings is 2. The number of aromatic nitrogens is 3. The second-order valence-corrected chi connectivity index (χ2v) is 9.45.